The van der Waals surface area contributed by atoms with Crippen LogP contribution >= 0.6 is 0 Å². The maximum absolute atomic E-state index is 12.1. The van der Waals surface area contributed by atoms with Gasteiger partial charge in [-0.2, -0.15) is 0 Å². The molecule has 2 heterocycles. The molecule has 0 aromatic heterocycles. The zero-order chi connectivity index (χ0) is 13.2. The third-order valence-corrected chi connectivity index (χ3v) is 5.15. The zero-order valence-electron chi connectivity index (χ0n) is 10.4. The maximum Gasteiger partial charge on any atom is 0.422 e. The molecular weight excluding hydrogens is 262 g/mol. The van der Waals surface area contributed by atoms with E-state index in [1.54, 1.807) is 0 Å². The molecule has 19 heavy (non-hydrogen) atoms. The van der Waals surface area contributed by atoms with E-state index in [2.05, 4.69) is 0 Å². The maximum atomic E-state index is 12.1. The Morgan fingerprint density at radius 1 is 1.26 bits per heavy atom. The van der Waals surface area contributed by atoms with Gasteiger partial charge in [0.25, 0.3) is 0 Å². The topological polar surface area (TPSA) is 46.6 Å². The Morgan fingerprint density at radius 3 is 2.68 bits per heavy atom. The summed E-state index contributed by atoms with van der Waals surface area (Å²) in [7, 11) is -1.28. The van der Waals surface area contributed by atoms with E-state index >= 15 is 0 Å². The van der Waals surface area contributed by atoms with Crippen molar-refractivity contribution in [1.29, 1.82) is 0 Å². The zero-order valence-corrected chi connectivity index (χ0v) is 11.2. The van der Waals surface area contributed by atoms with Crippen LogP contribution in [-0.4, -0.2) is 25.9 Å². The SMILES string of the molecule is O=C(OCc1ccccc1)N1[C@@H]2C=C[C@@H](CC2)S1=O. The molecule has 2 aliphatic heterocycles. The minimum absolute atomic E-state index is 0.0331. The third kappa shape index (κ3) is 2.42. The minimum Gasteiger partial charge on any atom is -0.444 e. The number of nitrogens with zero attached hydrogens (tertiary/aromatic N) is 1. The first kappa shape index (κ1) is 12.4. The van der Waals surface area contributed by atoms with Crippen LogP contribution in [0.25, 0.3) is 0 Å². The molecule has 4 nitrogen and oxygen atoms in total. The first-order valence-corrected chi connectivity index (χ1v) is 7.51. The number of benzene rings is 1. The lowest BCUT2D eigenvalue weighted by Crippen LogP contribution is -2.50. The third-order valence-electron chi connectivity index (χ3n) is 3.43. The average molecular weight is 277 g/mol. The molecule has 1 aromatic carbocycles. The predicted molar refractivity (Wildman–Crippen MR) is 72.6 cm³/mol. The van der Waals surface area contributed by atoms with Crippen LogP contribution in [0.15, 0.2) is 42.5 Å². The molecule has 1 fully saturated rings. The summed E-state index contributed by atoms with van der Waals surface area (Å²) < 4.78 is 18.7. The second kappa shape index (κ2) is 5.17. The summed E-state index contributed by atoms with van der Waals surface area (Å²) in [4.78, 5) is 12.0. The molecular formula is C14H15NO3S. The second-order valence-electron chi connectivity index (χ2n) is 4.71. The first-order chi connectivity index (χ1) is 9.25. The number of carbonyl (C=O) groups excluding carboxylic acids is 1. The highest BCUT2D eigenvalue weighted by molar-refractivity contribution is 7.84. The lowest BCUT2D eigenvalue weighted by atomic mass is 10.0. The molecule has 5 heteroatoms. The van der Waals surface area contributed by atoms with Gasteiger partial charge in [0.15, 0.2) is 0 Å². The molecule has 4 rings (SSSR count). The molecule has 2 bridgehead atoms. The van der Waals surface area contributed by atoms with Crippen LogP contribution in [0, 0.1) is 0 Å². The van der Waals surface area contributed by atoms with Crippen molar-refractivity contribution in [1.82, 2.24) is 4.31 Å². The largest absolute Gasteiger partial charge is 0.444 e. The molecule has 0 N–H and O–H groups in total. The fourth-order valence-corrected chi connectivity index (χ4v) is 3.91. The van der Waals surface area contributed by atoms with E-state index in [9.17, 15) is 9.00 Å². The van der Waals surface area contributed by atoms with Crippen molar-refractivity contribution in [2.45, 2.75) is 30.7 Å². The summed E-state index contributed by atoms with van der Waals surface area (Å²) in [5, 5.41) is -0.0331. The summed E-state index contributed by atoms with van der Waals surface area (Å²) in [6.45, 7) is 0.217. The summed E-state index contributed by atoms with van der Waals surface area (Å²) in [5.74, 6) is 0. The predicted octanol–water partition coefficient (Wildman–Crippen LogP) is 2.39. The molecule has 0 saturated carbocycles. The molecule has 100 valence electrons. The molecule has 0 radical (unpaired) electrons. The van der Waals surface area contributed by atoms with Crippen molar-refractivity contribution in [2.24, 2.45) is 0 Å². The van der Waals surface area contributed by atoms with E-state index in [0.29, 0.717) is 0 Å². The van der Waals surface area contributed by atoms with Crippen molar-refractivity contribution in [3.05, 3.63) is 48.0 Å². The Hall–Kier alpha value is -1.62. The number of rotatable bonds is 2. The lowest BCUT2D eigenvalue weighted by Gasteiger charge is -2.38. The number of ether oxygens (including phenoxy) is 1. The molecule has 3 atom stereocenters. The van der Waals surface area contributed by atoms with E-state index in [0.717, 1.165) is 18.4 Å². The lowest BCUT2D eigenvalue weighted by molar-refractivity contribution is 0.112. The Bertz CT molecular complexity index is 529. The van der Waals surface area contributed by atoms with Gasteiger partial charge in [-0.3, -0.25) is 0 Å². The van der Waals surface area contributed by atoms with Gasteiger partial charge in [0, 0.05) is 0 Å². The quantitative estimate of drug-likeness (QED) is 0.780. The number of amides is 1. The van der Waals surface area contributed by atoms with E-state index in [1.165, 1.54) is 4.31 Å². The Kier molecular flexibility index (Phi) is 3.38. The van der Waals surface area contributed by atoms with Gasteiger partial charge in [-0.1, -0.05) is 42.5 Å². The summed E-state index contributed by atoms with van der Waals surface area (Å²) >= 11 is 0. The average Bonchev–Trinajstić information content (AvgIpc) is 2.47. The smallest absolute Gasteiger partial charge is 0.422 e. The van der Waals surface area contributed by atoms with Crippen LogP contribution in [0.4, 0.5) is 4.79 Å². The Labute approximate surface area is 114 Å². The molecule has 1 amide bonds. The van der Waals surface area contributed by atoms with Gasteiger partial charge in [-0.05, 0) is 18.4 Å². The van der Waals surface area contributed by atoms with Crippen molar-refractivity contribution in [2.75, 3.05) is 0 Å². The fourth-order valence-electron chi connectivity index (χ4n) is 2.41. The van der Waals surface area contributed by atoms with Crippen molar-refractivity contribution in [3.63, 3.8) is 0 Å². The molecule has 1 unspecified atom stereocenters. The molecule has 1 aromatic rings. The van der Waals surface area contributed by atoms with Gasteiger partial charge in [0.05, 0.1) is 11.3 Å². The standard InChI is InChI=1S/C14H15NO3S/c16-14(18-10-11-4-2-1-3-5-11)15-12-6-8-13(9-7-12)19(15)17/h1-6,8,12-13H,7,9-10H2/t12-,13+,19?/m1/s1. The van der Waals surface area contributed by atoms with Gasteiger partial charge in [0.2, 0.25) is 0 Å². The van der Waals surface area contributed by atoms with E-state index < -0.39 is 17.1 Å². The van der Waals surface area contributed by atoms with Crippen molar-refractivity contribution in [3.8, 4) is 0 Å². The summed E-state index contributed by atoms with van der Waals surface area (Å²) in [6, 6.07) is 9.42. The van der Waals surface area contributed by atoms with E-state index in [4.69, 9.17) is 4.74 Å². The van der Waals surface area contributed by atoms with Crippen LogP contribution in [0.1, 0.15) is 18.4 Å². The van der Waals surface area contributed by atoms with Crippen LogP contribution in [-0.2, 0) is 22.3 Å². The number of carbonyl (C=O) groups is 1. The molecule has 1 aliphatic carbocycles. The van der Waals surface area contributed by atoms with E-state index in [-0.39, 0.29) is 17.9 Å². The molecule has 3 aliphatic rings. The summed E-state index contributed by atoms with van der Waals surface area (Å²) in [6.07, 6.45) is 5.18. The van der Waals surface area contributed by atoms with Crippen molar-refractivity contribution < 1.29 is 13.7 Å². The number of fused-ring (bicyclic) bond motifs is 2. The van der Waals surface area contributed by atoms with Crippen LogP contribution in [0.2, 0.25) is 0 Å². The van der Waals surface area contributed by atoms with Crippen LogP contribution in [0.3, 0.4) is 0 Å². The highest BCUT2D eigenvalue weighted by Gasteiger charge is 2.40. The van der Waals surface area contributed by atoms with Gasteiger partial charge in [-0.25, -0.2) is 13.3 Å². The molecule has 0 spiro atoms. The second-order valence-corrected chi connectivity index (χ2v) is 6.26. The normalized spacial score (nSPS) is 28.4. The monoisotopic (exact) mass is 277 g/mol. The fraction of sp³-hybridized carbons (Fsp3) is 0.357. The Balaban J connectivity index is 1.65. The highest BCUT2D eigenvalue weighted by atomic mass is 32.2. The van der Waals surface area contributed by atoms with Gasteiger partial charge >= 0.3 is 6.09 Å². The highest BCUT2D eigenvalue weighted by Crippen LogP contribution is 2.30. The van der Waals surface area contributed by atoms with E-state index in [1.807, 2.05) is 42.5 Å². The van der Waals surface area contributed by atoms with Crippen LogP contribution < -0.4 is 0 Å². The van der Waals surface area contributed by atoms with Gasteiger partial charge < -0.3 is 4.74 Å². The van der Waals surface area contributed by atoms with Crippen LogP contribution in [0.5, 0.6) is 0 Å². The summed E-state index contributed by atoms with van der Waals surface area (Å²) in [5.41, 5.74) is 0.930. The first-order valence-electron chi connectivity index (χ1n) is 6.34. The van der Waals surface area contributed by atoms with Gasteiger partial charge in [-0.15, -0.1) is 0 Å². The Morgan fingerprint density at radius 2 is 2.05 bits per heavy atom. The minimum atomic E-state index is -1.28. The molecule has 1 saturated heterocycles. The number of hydrogen-bond acceptors (Lipinski definition) is 3. The van der Waals surface area contributed by atoms with Crippen molar-refractivity contribution >= 4 is 17.1 Å². The van der Waals surface area contributed by atoms with Gasteiger partial charge in [0.1, 0.15) is 17.6 Å². The number of hydrogen-bond donors (Lipinski definition) is 0.